The van der Waals surface area contributed by atoms with E-state index in [4.69, 9.17) is 0 Å². The average molecular weight is 433 g/mol. The highest BCUT2D eigenvalue weighted by molar-refractivity contribution is 7.90. The van der Waals surface area contributed by atoms with E-state index < -0.39 is 10.2 Å². The lowest BCUT2D eigenvalue weighted by Crippen LogP contribution is -2.50. The standard InChI is InChI=1S/C20H28N6O3S/c1-4-17-6-5-7-18(23-17)24-30(28,29)26-12-10-25(11-13-26)19-9-8-16(14-21-19)20(27)22-15(2)3/h5-9,14-15H,4,10-13H2,1-3H3,(H,22,27)(H,23,24). The van der Waals surface area contributed by atoms with Crippen molar-refractivity contribution < 1.29 is 13.2 Å². The summed E-state index contributed by atoms with van der Waals surface area (Å²) < 4.78 is 29.4. The Labute approximate surface area is 177 Å². The van der Waals surface area contributed by atoms with Crippen LogP contribution in [-0.4, -0.2) is 60.8 Å². The zero-order chi connectivity index (χ0) is 21.7. The average Bonchev–Trinajstić information content (AvgIpc) is 2.73. The van der Waals surface area contributed by atoms with Gasteiger partial charge < -0.3 is 10.2 Å². The van der Waals surface area contributed by atoms with Gasteiger partial charge in [0.25, 0.3) is 5.91 Å². The molecule has 3 rings (SSSR count). The normalized spacial score (nSPS) is 15.3. The van der Waals surface area contributed by atoms with Crippen molar-refractivity contribution in [3.63, 3.8) is 0 Å². The Morgan fingerprint density at radius 3 is 2.47 bits per heavy atom. The maximum absolute atomic E-state index is 12.7. The Morgan fingerprint density at radius 2 is 1.87 bits per heavy atom. The van der Waals surface area contributed by atoms with Gasteiger partial charge in [0.05, 0.1) is 5.56 Å². The molecule has 1 aliphatic heterocycles. The zero-order valence-electron chi connectivity index (χ0n) is 17.5. The maximum Gasteiger partial charge on any atom is 0.302 e. The van der Waals surface area contributed by atoms with Crippen LogP contribution in [0, 0.1) is 0 Å². The van der Waals surface area contributed by atoms with Crippen molar-refractivity contribution in [1.82, 2.24) is 19.6 Å². The number of aromatic nitrogens is 2. The number of hydrogen-bond acceptors (Lipinski definition) is 6. The first kappa shape index (κ1) is 22.0. The Bertz CT molecular complexity index is 970. The van der Waals surface area contributed by atoms with Gasteiger partial charge in [-0.05, 0) is 44.5 Å². The molecule has 0 saturated carbocycles. The molecule has 1 aliphatic rings. The number of amides is 1. The van der Waals surface area contributed by atoms with Crippen molar-refractivity contribution in [2.24, 2.45) is 0 Å². The van der Waals surface area contributed by atoms with E-state index in [-0.39, 0.29) is 11.9 Å². The Hall–Kier alpha value is -2.72. The van der Waals surface area contributed by atoms with Crippen LogP contribution in [0.15, 0.2) is 36.5 Å². The molecule has 1 amide bonds. The SMILES string of the molecule is CCc1cccc(NS(=O)(=O)N2CCN(c3ccc(C(=O)NC(C)C)cn3)CC2)n1. The molecule has 0 aliphatic carbocycles. The second-order valence-electron chi connectivity index (χ2n) is 7.39. The van der Waals surface area contributed by atoms with Crippen LogP contribution in [-0.2, 0) is 16.6 Å². The van der Waals surface area contributed by atoms with Crippen LogP contribution in [0.4, 0.5) is 11.6 Å². The predicted molar refractivity (Wildman–Crippen MR) is 117 cm³/mol. The van der Waals surface area contributed by atoms with Gasteiger partial charge in [0.15, 0.2) is 0 Å². The summed E-state index contributed by atoms with van der Waals surface area (Å²) in [6.45, 7) is 7.45. The van der Waals surface area contributed by atoms with Crippen LogP contribution >= 0.6 is 0 Å². The van der Waals surface area contributed by atoms with E-state index in [9.17, 15) is 13.2 Å². The van der Waals surface area contributed by atoms with Crippen molar-refractivity contribution >= 4 is 27.8 Å². The van der Waals surface area contributed by atoms with Crippen LogP contribution in [0.25, 0.3) is 0 Å². The fourth-order valence-corrected chi connectivity index (χ4v) is 4.29. The van der Waals surface area contributed by atoms with Crippen LogP contribution in [0.3, 0.4) is 0 Å². The topological polar surface area (TPSA) is 108 Å². The second-order valence-corrected chi connectivity index (χ2v) is 9.06. The number of carbonyl (C=O) groups is 1. The first-order valence-corrected chi connectivity index (χ1v) is 11.5. The number of nitrogens with zero attached hydrogens (tertiary/aromatic N) is 4. The van der Waals surface area contributed by atoms with Crippen molar-refractivity contribution in [1.29, 1.82) is 0 Å². The van der Waals surface area contributed by atoms with Gasteiger partial charge >= 0.3 is 10.2 Å². The Balaban J connectivity index is 1.59. The molecule has 3 heterocycles. The number of carbonyl (C=O) groups excluding carboxylic acids is 1. The summed E-state index contributed by atoms with van der Waals surface area (Å²) in [5.74, 6) is 0.888. The minimum Gasteiger partial charge on any atom is -0.354 e. The summed E-state index contributed by atoms with van der Waals surface area (Å²) in [7, 11) is -3.68. The molecule has 2 N–H and O–H groups in total. The predicted octanol–water partition coefficient (Wildman–Crippen LogP) is 1.66. The molecule has 10 heteroatoms. The largest absolute Gasteiger partial charge is 0.354 e. The first-order valence-electron chi connectivity index (χ1n) is 10.0. The minimum atomic E-state index is -3.68. The number of rotatable bonds is 7. The summed E-state index contributed by atoms with van der Waals surface area (Å²) in [5, 5.41) is 2.83. The number of anilines is 2. The molecule has 0 atom stereocenters. The molecule has 162 valence electrons. The van der Waals surface area contributed by atoms with Gasteiger partial charge in [-0.25, -0.2) is 9.97 Å². The molecule has 0 radical (unpaired) electrons. The van der Waals surface area contributed by atoms with Crippen molar-refractivity contribution in [2.75, 3.05) is 35.8 Å². The van der Waals surface area contributed by atoms with E-state index in [2.05, 4.69) is 20.0 Å². The summed E-state index contributed by atoms with van der Waals surface area (Å²) in [5.41, 5.74) is 1.33. The van der Waals surface area contributed by atoms with Gasteiger partial charge in [0, 0.05) is 44.1 Å². The summed E-state index contributed by atoms with van der Waals surface area (Å²) >= 11 is 0. The number of hydrogen-bond donors (Lipinski definition) is 2. The lowest BCUT2D eigenvalue weighted by molar-refractivity contribution is 0.0942. The van der Waals surface area contributed by atoms with E-state index in [0.717, 1.165) is 17.9 Å². The molecule has 1 saturated heterocycles. The smallest absolute Gasteiger partial charge is 0.302 e. The fraction of sp³-hybridized carbons (Fsp3) is 0.450. The zero-order valence-corrected chi connectivity index (χ0v) is 18.3. The van der Waals surface area contributed by atoms with E-state index >= 15 is 0 Å². The van der Waals surface area contributed by atoms with Gasteiger partial charge in [0.1, 0.15) is 11.6 Å². The van der Waals surface area contributed by atoms with Crippen LogP contribution in [0.1, 0.15) is 36.8 Å². The van der Waals surface area contributed by atoms with Gasteiger partial charge in [-0.15, -0.1) is 0 Å². The number of aryl methyl sites for hydroxylation is 1. The van der Waals surface area contributed by atoms with Crippen molar-refractivity contribution in [2.45, 2.75) is 33.2 Å². The number of pyridine rings is 2. The quantitative estimate of drug-likeness (QED) is 0.689. The lowest BCUT2D eigenvalue weighted by Gasteiger charge is -2.34. The van der Waals surface area contributed by atoms with Crippen molar-refractivity contribution in [3.8, 4) is 0 Å². The molecular formula is C20H28N6O3S. The van der Waals surface area contributed by atoms with Crippen LogP contribution in [0.5, 0.6) is 0 Å². The van der Waals surface area contributed by atoms with Gasteiger partial charge in [-0.1, -0.05) is 13.0 Å². The highest BCUT2D eigenvalue weighted by Gasteiger charge is 2.28. The molecule has 0 aromatic carbocycles. The van der Waals surface area contributed by atoms with Gasteiger partial charge in [0.2, 0.25) is 0 Å². The highest BCUT2D eigenvalue weighted by atomic mass is 32.2. The minimum absolute atomic E-state index is 0.0560. The van der Waals surface area contributed by atoms with Crippen molar-refractivity contribution in [3.05, 3.63) is 47.8 Å². The molecule has 0 bridgehead atoms. The number of nitrogens with one attached hydrogen (secondary N) is 2. The molecule has 2 aromatic rings. The van der Waals surface area contributed by atoms with E-state index in [0.29, 0.717) is 37.6 Å². The molecule has 0 unspecified atom stereocenters. The molecule has 30 heavy (non-hydrogen) atoms. The van der Waals surface area contributed by atoms with E-state index in [1.165, 1.54) is 4.31 Å². The monoisotopic (exact) mass is 432 g/mol. The first-order chi connectivity index (χ1) is 14.3. The third kappa shape index (κ3) is 5.45. The molecule has 0 spiro atoms. The third-order valence-electron chi connectivity index (χ3n) is 4.73. The van der Waals surface area contributed by atoms with E-state index in [1.807, 2.05) is 31.7 Å². The molecular weight excluding hydrogens is 404 g/mol. The fourth-order valence-electron chi connectivity index (χ4n) is 3.14. The second kappa shape index (κ2) is 9.40. The highest BCUT2D eigenvalue weighted by Crippen LogP contribution is 2.17. The van der Waals surface area contributed by atoms with Gasteiger partial charge in [-0.2, -0.15) is 12.7 Å². The lowest BCUT2D eigenvalue weighted by atomic mass is 10.2. The summed E-state index contributed by atoms with van der Waals surface area (Å²) in [4.78, 5) is 22.7. The van der Waals surface area contributed by atoms with Crippen LogP contribution in [0.2, 0.25) is 0 Å². The summed E-state index contributed by atoms with van der Waals surface area (Å²) in [6.07, 6.45) is 2.28. The molecule has 9 nitrogen and oxygen atoms in total. The van der Waals surface area contributed by atoms with Gasteiger partial charge in [-0.3, -0.25) is 9.52 Å². The van der Waals surface area contributed by atoms with E-state index in [1.54, 1.807) is 30.5 Å². The number of piperazine rings is 1. The third-order valence-corrected chi connectivity index (χ3v) is 6.25. The summed E-state index contributed by atoms with van der Waals surface area (Å²) in [6, 6.07) is 8.88. The Morgan fingerprint density at radius 1 is 1.13 bits per heavy atom. The maximum atomic E-state index is 12.7. The van der Waals surface area contributed by atoms with Crippen LogP contribution < -0.4 is 14.9 Å². The Kier molecular flexibility index (Phi) is 6.88. The molecule has 2 aromatic heterocycles. The molecule has 1 fully saturated rings.